The molecule has 1 aliphatic rings. The van der Waals surface area contributed by atoms with Crippen LogP contribution in [-0.2, 0) is 6.18 Å². The van der Waals surface area contributed by atoms with Crippen LogP contribution >= 0.6 is 11.5 Å². The Morgan fingerprint density at radius 2 is 2.19 bits per heavy atom. The molecule has 90 valence electrons. The SMILES string of the molecule is CC1(O)CCN(c2nc(C(F)(F)F)ns2)C1. The van der Waals surface area contributed by atoms with E-state index in [1.807, 2.05) is 0 Å². The maximum Gasteiger partial charge on any atom is 0.452 e. The molecule has 0 spiro atoms. The first kappa shape index (κ1) is 11.6. The van der Waals surface area contributed by atoms with E-state index < -0.39 is 17.6 Å². The van der Waals surface area contributed by atoms with Gasteiger partial charge in [0.2, 0.25) is 11.0 Å². The molecule has 1 N–H and O–H groups in total. The third-order valence-electron chi connectivity index (χ3n) is 2.39. The van der Waals surface area contributed by atoms with Gasteiger partial charge in [-0.3, -0.25) is 0 Å². The van der Waals surface area contributed by atoms with Gasteiger partial charge in [-0.15, -0.1) is 0 Å². The monoisotopic (exact) mass is 253 g/mol. The Bertz CT molecular complexity index is 390. The second-order valence-corrected chi connectivity index (χ2v) is 4.80. The van der Waals surface area contributed by atoms with E-state index in [4.69, 9.17) is 0 Å². The maximum absolute atomic E-state index is 12.3. The number of halogens is 3. The third kappa shape index (κ3) is 2.27. The summed E-state index contributed by atoms with van der Waals surface area (Å²) in [6, 6.07) is 0. The van der Waals surface area contributed by atoms with Crippen molar-refractivity contribution in [3.8, 4) is 0 Å². The molecule has 1 aromatic rings. The Hall–Kier alpha value is -0.890. The molecule has 0 aromatic carbocycles. The fourth-order valence-corrected chi connectivity index (χ4v) is 2.28. The third-order valence-corrected chi connectivity index (χ3v) is 3.17. The molecule has 0 amide bonds. The van der Waals surface area contributed by atoms with Crippen molar-refractivity contribution in [3.63, 3.8) is 0 Å². The van der Waals surface area contributed by atoms with E-state index in [0.29, 0.717) is 31.0 Å². The highest BCUT2D eigenvalue weighted by Crippen LogP contribution is 2.32. The number of hydrogen-bond donors (Lipinski definition) is 1. The molecule has 1 aromatic heterocycles. The van der Waals surface area contributed by atoms with E-state index >= 15 is 0 Å². The van der Waals surface area contributed by atoms with Crippen molar-refractivity contribution >= 4 is 16.7 Å². The van der Waals surface area contributed by atoms with Crippen molar-refractivity contribution in [2.24, 2.45) is 0 Å². The highest BCUT2D eigenvalue weighted by molar-refractivity contribution is 7.09. The first-order valence-corrected chi connectivity index (χ1v) is 5.43. The topological polar surface area (TPSA) is 49.2 Å². The number of aromatic nitrogens is 2. The van der Waals surface area contributed by atoms with E-state index in [-0.39, 0.29) is 5.13 Å². The Morgan fingerprint density at radius 3 is 2.62 bits per heavy atom. The quantitative estimate of drug-likeness (QED) is 0.824. The summed E-state index contributed by atoms with van der Waals surface area (Å²) in [6.45, 7) is 2.44. The Labute approximate surface area is 93.9 Å². The summed E-state index contributed by atoms with van der Waals surface area (Å²) in [7, 11) is 0. The van der Waals surface area contributed by atoms with Gasteiger partial charge in [-0.25, -0.2) is 0 Å². The zero-order valence-electron chi connectivity index (χ0n) is 8.45. The van der Waals surface area contributed by atoms with Crippen LogP contribution in [0.15, 0.2) is 0 Å². The number of alkyl halides is 3. The van der Waals surface area contributed by atoms with Crippen LogP contribution in [0.5, 0.6) is 0 Å². The Balaban J connectivity index is 2.15. The Kier molecular flexibility index (Phi) is 2.58. The molecule has 1 fully saturated rings. The molecule has 4 nitrogen and oxygen atoms in total. The van der Waals surface area contributed by atoms with Crippen molar-refractivity contribution in [1.82, 2.24) is 9.36 Å². The lowest BCUT2D eigenvalue weighted by atomic mass is 10.1. The van der Waals surface area contributed by atoms with Gasteiger partial charge in [0.05, 0.1) is 5.60 Å². The maximum atomic E-state index is 12.3. The minimum absolute atomic E-state index is 0.213. The van der Waals surface area contributed by atoms with Crippen LogP contribution in [0.3, 0.4) is 0 Å². The van der Waals surface area contributed by atoms with Gasteiger partial charge in [-0.2, -0.15) is 22.5 Å². The molecular formula is C8H10F3N3OS. The Morgan fingerprint density at radius 1 is 1.50 bits per heavy atom. The predicted molar refractivity (Wildman–Crippen MR) is 52.4 cm³/mol. The van der Waals surface area contributed by atoms with Crippen molar-refractivity contribution in [2.45, 2.75) is 25.1 Å². The lowest BCUT2D eigenvalue weighted by Crippen LogP contribution is -2.29. The van der Waals surface area contributed by atoms with Gasteiger partial charge in [0, 0.05) is 24.6 Å². The van der Waals surface area contributed by atoms with Crippen molar-refractivity contribution in [3.05, 3.63) is 5.82 Å². The van der Waals surface area contributed by atoms with Crippen molar-refractivity contribution < 1.29 is 18.3 Å². The molecule has 0 saturated carbocycles. The van der Waals surface area contributed by atoms with E-state index in [2.05, 4.69) is 9.36 Å². The van der Waals surface area contributed by atoms with Crippen LogP contribution < -0.4 is 4.90 Å². The molecule has 1 unspecified atom stereocenters. The standard InChI is InChI=1S/C8H10F3N3OS/c1-7(15)2-3-14(4-7)6-12-5(13-16-6)8(9,10)11/h15H,2-4H2,1H3. The zero-order chi connectivity index (χ0) is 12.0. The molecule has 0 radical (unpaired) electrons. The molecule has 1 atom stereocenters. The number of rotatable bonds is 1. The van der Waals surface area contributed by atoms with Crippen LogP contribution in [0.25, 0.3) is 0 Å². The molecule has 2 rings (SSSR count). The molecule has 1 aliphatic heterocycles. The summed E-state index contributed by atoms with van der Waals surface area (Å²) in [4.78, 5) is 5.04. The normalized spacial score (nSPS) is 26.4. The first-order valence-electron chi connectivity index (χ1n) is 4.66. The summed E-state index contributed by atoms with van der Waals surface area (Å²) in [5, 5.41) is 9.90. The van der Waals surface area contributed by atoms with Crippen LogP contribution in [0.1, 0.15) is 19.2 Å². The second-order valence-electron chi connectivity index (χ2n) is 4.07. The van der Waals surface area contributed by atoms with Crippen LogP contribution in [-0.4, -0.2) is 33.2 Å². The van der Waals surface area contributed by atoms with Crippen LogP contribution in [0.2, 0.25) is 0 Å². The first-order chi connectivity index (χ1) is 7.28. The molecule has 0 aliphatic carbocycles. The highest BCUT2D eigenvalue weighted by atomic mass is 32.1. The second kappa shape index (κ2) is 3.56. The number of nitrogens with zero attached hydrogens (tertiary/aromatic N) is 3. The van der Waals surface area contributed by atoms with Gasteiger partial charge < -0.3 is 10.0 Å². The number of anilines is 1. The summed E-state index contributed by atoms with van der Waals surface area (Å²) >= 11 is 0.708. The molecule has 2 heterocycles. The smallest absolute Gasteiger partial charge is 0.388 e. The van der Waals surface area contributed by atoms with Crippen molar-refractivity contribution in [2.75, 3.05) is 18.0 Å². The fraction of sp³-hybridized carbons (Fsp3) is 0.750. The molecule has 16 heavy (non-hydrogen) atoms. The molecule has 8 heteroatoms. The van der Waals surface area contributed by atoms with E-state index in [0.717, 1.165) is 0 Å². The van der Waals surface area contributed by atoms with E-state index in [1.165, 1.54) is 0 Å². The summed E-state index contributed by atoms with van der Waals surface area (Å²) in [5.74, 6) is -1.11. The van der Waals surface area contributed by atoms with Crippen LogP contribution in [0.4, 0.5) is 18.3 Å². The van der Waals surface area contributed by atoms with Gasteiger partial charge in [-0.1, -0.05) is 0 Å². The summed E-state index contributed by atoms with van der Waals surface area (Å²) in [5.41, 5.74) is -0.857. The highest BCUT2D eigenvalue weighted by Gasteiger charge is 2.38. The largest absolute Gasteiger partial charge is 0.452 e. The summed E-state index contributed by atoms with van der Waals surface area (Å²) < 4.78 is 40.0. The van der Waals surface area contributed by atoms with Gasteiger partial charge in [0.25, 0.3) is 0 Å². The van der Waals surface area contributed by atoms with E-state index in [1.54, 1.807) is 11.8 Å². The lowest BCUT2D eigenvalue weighted by Gasteiger charge is -2.17. The van der Waals surface area contributed by atoms with Gasteiger partial charge in [-0.05, 0) is 13.3 Å². The summed E-state index contributed by atoms with van der Waals surface area (Å²) in [6.07, 6.45) is -3.98. The van der Waals surface area contributed by atoms with Gasteiger partial charge in [0.1, 0.15) is 0 Å². The van der Waals surface area contributed by atoms with E-state index in [9.17, 15) is 18.3 Å². The fourth-order valence-electron chi connectivity index (χ4n) is 1.57. The minimum atomic E-state index is -4.50. The average molecular weight is 253 g/mol. The number of β-amino-alcohol motifs (C(OH)–C–C–N with tert-alkyl or cyclic N) is 1. The molecule has 1 saturated heterocycles. The lowest BCUT2D eigenvalue weighted by molar-refractivity contribution is -0.144. The molecular weight excluding hydrogens is 243 g/mol. The number of hydrogen-bond acceptors (Lipinski definition) is 5. The zero-order valence-corrected chi connectivity index (χ0v) is 9.27. The predicted octanol–water partition coefficient (Wildman–Crippen LogP) is 1.52. The number of aliphatic hydroxyl groups is 1. The minimum Gasteiger partial charge on any atom is -0.388 e. The molecule has 0 bridgehead atoms. The van der Waals surface area contributed by atoms with Crippen LogP contribution in [0, 0.1) is 0 Å². The van der Waals surface area contributed by atoms with Gasteiger partial charge >= 0.3 is 6.18 Å². The van der Waals surface area contributed by atoms with Gasteiger partial charge in [0.15, 0.2) is 0 Å². The van der Waals surface area contributed by atoms with Crippen molar-refractivity contribution in [1.29, 1.82) is 0 Å². The average Bonchev–Trinajstić information content (AvgIpc) is 2.68.